The molecule has 72 valence electrons. The van der Waals surface area contributed by atoms with Crippen LogP contribution < -0.4 is 5.73 Å². The highest BCUT2D eigenvalue weighted by Gasteiger charge is 2.10. The first-order valence-electron chi connectivity index (χ1n) is 3.74. The van der Waals surface area contributed by atoms with Gasteiger partial charge in [0, 0.05) is 18.8 Å². The standard InChI is InChI=1S/C7H12N4O2/c1-11(13-2)7(12)4-5-3-6(8)10-9-5/h3H,4H2,1-2H3,(H3,8,9,10). The van der Waals surface area contributed by atoms with Gasteiger partial charge in [-0.1, -0.05) is 0 Å². The van der Waals surface area contributed by atoms with E-state index in [4.69, 9.17) is 10.6 Å². The van der Waals surface area contributed by atoms with E-state index in [1.54, 1.807) is 13.1 Å². The van der Waals surface area contributed by atoms with Gasteiger partial charge in [0.15, 0.2) is 0 Å². The molecule has 1 aromatic heterocycles. The topological polar surface area (TPSA) is 84.2 Å². The van der Waals surface area contributed by atoms with Crippen LogP contribution in [0.3, 0.4) is 0 Å². The maximum atomic E-state index is 11.3. The Bertz CT molecular complexity index is 296. The Hall–Kier alpha value is -1.56. The second-order valence-corrected chi connectivity index (χ2v) is 2.57. The molecule has 0 bridgehead atoms. The monoisotopic (exact) mass is 184 g/mol. The molecule has 13 heavy (non-hydrogen) atoms. The molecule has 6 heteroatoms. The van der Waals surface area contributed by atoms with Gasteiger partial charge in [-0.3, -0.25) is 14.7 Å². The SMILES string of the molecule is CON(C)C(=O)Cc1cc(N)n[nH]1. The van der Waals surface area contributed by atoms with E-state index >= 15 is 0 Å². The minimum Gasteiger partial charge on any atom is -0.382 e. The minimum atomic E-state index is -0.161. The number of H-pyrrole nitrogens is 1. The number of hydrogen-bond acceptors (Lipinski definition) is 4. The van der Waals surface area contributed by atoms with Crippen LogP contribution in [0.4, 0.5) is 5.82 Å². The lowest BCUT2D eigenvalue weighted by atomic mass is 10.3. The van der Waals surface area contributed by atoms with Crippen molar-refractivity contribution in [1.82, 2.24) is 15.3 Å². The summed E-state index contributed by atoms with van der Waals surface area (Å²) >= 11 is 0. The van der Waals surface area contributed by atoms with Gasteiger partial charge >= 0.3 is 0 Å². The van der Waals surface area contributed by atoms with Gasteiger partial charge in [0.25, 0.3) is 5.91 Å². The third-order valence-electron chi connectivity index (χ3n) is 1.62. The van der Waals surface area contributed by atoms with Crippen molar-refractivity contribution in [1.29, 1.82) is 0 Å². The molecule has 0 fully saturated rings. The highest BCUT2D eigenvalue weighted by molar-refractivity contribution is 5.77. The summed E-state index contributed by atoms with van der Waals surface area (Å²) in [7, 11) is 2.97. The molecule has 1 heterocycles. The van der Waals surface area contributed by atoms with Crippen molar-refractivity contribution in [2.75, 3.05) is 19.9 Å². The van der Waals surface area contributed by atoms with Crippen LogP contribution in [-0.2, 0) is 16.1 Å². The molecular formula is C7H12N4O2. The first-order chi connectivity index (χ1) is 6.13. The molecule has 0 radical (unpaired) electrons. The van der Waals surface area contributed by atoms with Crippen LogP contribution in [-0.4, -0.2) is 35.3 Å². The lowest BCUT2D eigenvalue weighted by Gasteiger charge is -2.12. The Morgan fingerprint density at radius 1 is 1.85 bits per heavy atom. The summed E-state index contributed by atoms with van der Waals surface area (Å²) in [6.07, 6.45) is 0.203. The third-order valence-corrected chi connectivity index (χ3v) is 1.62. The number of hydroxylamine groups is 2. The first kappa shape index (κ1) is 9.53. The highest BCUT2D eigenvalue weighted by atomic mass is 16.7. The fourth-order valence-corrected chi connectivity index (χ4v) is 0.846. The van der Waals surface area contributed by atoms with Crippen LogP contribution in [0.25, 0.3) is 0 Å². The average molecular weight is 184 g/mol. The highest BCUT2D eigenvalue weighted by Crippen LogP contribution is 2.02. The van der Waals surface area contributed by atoms with Crippen molar-refractivity contribution in [2.24, 2.45) is 0 Å². The van der Waals surface area contributed by atoms with Gasteiger partial charge in [-0.2, -0.15) is 5.10 Å². The number of anilines is 1. The van der Waals surface area contributed by atoms with Crippen LogP contribution in [0.2, 0.25) is 0 Å². The van der Waals surface area contributed by atoms with E-state index in [2.05, 4.69) is 10.2 Å². The van der Waals surface area contributed by atoms with E-state index in [1.165, 1.54) is 7.11 Å². The molecule has 0 saturated heterocycles. The Labute approximate surface area is 75.6 Å². The van der Waals surface area contributed by atoms with Crippen molar-refractivity contribution in [3.05, 3.63) is 11.8 Å². The van der Waals surface area contributed by atoms with Crippen LogP contribution >= 0.6 is 0 Å². The summed E-state index contributed by atoms with van der Waals surface area (Å²) in [4.78, 5) is 16.0. The lowest BCUT2D eigenvalue weighted by molar-refractivity contribution is -0.167. The molecule has 1 aromatic rings. The van der Waals surface area contributed by atoms with Gasteiger partial charge in [-0.05, 0) is 0 Å². The van der Waals surface area contributed by atoms with Crippen molar-refractivity contribution in [3.63, 3.8) is 0 Å². The number of aromatic amines is 1. The Morgan fingerprint density at radius 2 is 2.54 bits per heavy atom. The number of hydrogen-bond donors (Lipinski definition) is 2. The molecule has 3 N–H and O–H groups in total. The predicted molar refractivity (Wildman–Crippen MR) is 46.5 cm³/mol. The van der Waals surface area contributed by atoms with Crippen LogP contribution in [0.15, 0.2) is 6.07 Å². The zero-order valence-electron chi connectivity index (χ0n) is 7.57. The zero-order valence-corrected chi connectivity index (χ0v) is 7.57. The molecule has 0 aromatic carbocycles. The number of nitrogens with one attached hydrogen (secondary N) is 1. The molecule has 0 aliphatic carbocycles. The summed E-state index contributed by atoms with van der Waals surface area (Å²) < 4.78 is 0. The average Bonchev–Trinajstić information content (AvgIpc) is 2.49. The number of rotatable bonds is 3. The fourth-order valence-electron chi connectivity index (χ4n) is 0.846. The van der Waals surface area contributed by atoms with E-state index in [1.807, 2.05) is 0 Å². The second-order valence-electron chi connectivity index (χ2n) is 2.57. The third kappa shape index (κ3) is 2.45. The quantitative estimate of drug-likeness (QED) is 0.623. The molecular weight excluding hydrogens is 172 g/mol. The van der Waals surface area contributed by atoms with E-state index < -0.39 is 0 Å². The van der Waals surface area contributed by atoms with E-state index in [0.29, 0.717) is 11.5 Å². The van der Waals surface area contributed by atoms with Gasteiger partial charge in [-0.15, -0.1) is 0 Å². The summed E-state index contributed by atoms with van der Waals surface area (Å²) in [5.41, 5.74) is 6.04. The Balaban J connectivity index is 2.54. The van der Waals surface area contributed by atoms with Gasteiger partial charge < -0.3 is 5.73 Å². The van der Waals surface area contributed by atoms with E-state index in [9.17, 15) is 4.79 Å². The lowest BCUT2D eigenvalue weighted by Crippen LogP contribution is -2.27. The van der Waals surface area contributed by atoms with Crippen molar-refractivity contribution in [3.8, 4) is 0 Å². The van der Waals surface area contributed by atoms with E-state index in [0.717, 1.165) is 5.06 Å². The smallest absolute Gasteiger partial charge is 0.251 e. The van der Waals surface area contributed by atoms with Crippen molar-refractivity contribution < 1.29 is 9.63 Å². The number of carbonyl (C=O) groups is 1. The van der Waals surface area contributed by atoms with Crippen molar-refractivity contribution in [2.45, 2.75) is 6.42 Å². The number of nitrogens with zero attached hydrogens (tertiary/aromatic N) is 2. The molecule has 0 aliphatic rings. The Kier molecular flexibility index (Phi) is 2.86. The summed E-state index contributed by atoms with van der Waals surface area (Å²) in [5, 5.41) is 7.48. The largest absolute Gasteiger partial charge is 0.382 e. The van der Waals surface area contributed by atoms with E-state index in [-0.39, 0.29) is 12.3 Å². The second kappa shape index (κ2) is 3.90. The molecule has 0 aliphatic heterocycles. The summed E-state index contributed by atoms with van der Waals surface area (Å²) in [6, 6.07) is 1.61. The maximum Gasteiger partial charge on any atom is 0.251 e. The maximum absolute atomic E-state index is 11.3. The van der Waals surface area contributed by atoms with Crippen LogP contribution in [0.5, 0.6) is 0 Å². The van der Waals surface area contributed by atoms with Crippen LogP contribution in [0.1, 0.15) is 5.69 Å². The first-order valence-corrected chi connectivity index (χ1v) is 3.74. The normalized spacial score (nSPS) is 10.0. The number of carbonyl (C=O) groups excluding carboxylic acids is 1. The number of nitrogens with two attached hydrogens (primary N) is 1. The molecule has 6 nitrogen and oxygen atoms in total. The van der Waals surface area contributed by atoms with Gasteiger partial charge in [0.1, 0.15) is 5.82 Å². The van der Waals surface area contributed by atoms with Gasteiger partial charge in [0.05, 0.1) is 13.5 Å². The number of likely N-dealkylation sites (N-methyl/N-ethyl adjacent to an activating group) is 1. The molecule has 0 saturated carbocycles. The molecule has 0 unspecified atom stereocenters. The Morgan fingerprint density at radius 3 is 3.00 bits per heavy atom. The summed E-state index contributed by atoms with van der Waals surface area (Å²) in [6.45, 7) is 0. The minimum absolute atomic E-state index is 0.161. The predicted octanol–water partition coefficient (Wildman–Crippen LogP) is -0.446. The number of aromatic nitrogens is 2. The van der Waals surface area contributed by atoms with Crippen LogP contribution in [0, 0.1) is 0 Å². The fraction of sp³-hybridized carbons (Fsp3) is 0.429. The molecule has 1 amide bonds. The molecule has 0 atom stereocenters. The van der Waals surface area contributed by atoms with Gasteiger partial charge in [-0.25, -0.2) is 5.06 Å². The number of amides is 1. The molecule has 1 rings (SSSR count). The summed E-state index contributed by atoms with van der Waals surface area (Å²) in [5.74, 6) is 0.217. The van der Waals surface area contributed by atoms with Crippen molar-refractivity contribution >= 4 is 11.7 Å². The van der Waals surface area contributed by atoms with Gasteiger partial charge in [0.2, 0.25) is 0 Å². The zero-order chi connectivity index (χ0) is 9.84. The number of nitrogen functional groups attached to an aromatic ring is 1. The molecule has 0 spiro atoms.